The van der Waals surface area contributed by atoms with Crippen LogP contribution >= 0.6 is 0 Å². The van der Waals surface area contributed by atoms with Crippen molar-refractivity contribution in [3.05, 3.63) is 0 Å². The van der Waals surface area contributed by atoms with Crippen molar-refractivity contribution >= 4 is 5.78 Å². The zero-order valence-electron chi connectivity index (χ0n) is 10.6. The van der Waals surface area contributed by atoms with Crippen LogP contribution in [-0.4, -0.2) is 66.1 Å². The fourth-order valence-corrected chi connectivity index (χ4v) is 3.02. The zero-order valence-corrected chi connectivity index (χ0v) is 10.6. The van der Waals surface area contributed by atoms with Crippen molar-refractivity contribution in [2.75, 3.05) is 39.3 Å². The highest BCUT2D eigenvalue weighted by atomic mass is 16.3. The van der Waals surface area contributed by atoms with E-state index < -0.39 is 0 Å². The molecule has 1 aliphatic carbocycles. The van der Waals surface area contributed by atoms with Crippen molar-refractivity contribution in [3.8, 4) is 0 Å². The summed E-state index contributed by atoms with van der Waals surface area (Å²) in [6, 6.07) is 0.192. The first-order valence-corrected chi connectivity index (χ1v) is 6.91. The van der Waals surface area contributed by atoms with E-state index in [2.05, 4.69) is 9.80 Å². The number of β-amino-alcohol motifs (C(OH)–C–C–N with tert-alkyl or cyclic N) is 1. The zero-order chi connectivity index (χ0) is 12.1. The second-order valence-electron chi connectivity index (χ2n) is 5.18. The molecule has 2 fully saturated rings. The number of carbonyl (C=O) groups excluding carboxylic acids is 1. The van der Waals surface area contributed by atoms with Gasteiger partial charge in [-0.2, -0.15) is 0 Å². The normalized spacial score (nSPS) is 29.2. The third-order valence-corrected chi connectivity index (χ3v) is 4.00. The molecule has 0 bridgehead atoms. The molecule has 0 radical (unpaired) electrons. The summed E-state index contributed by atoms with van der Waals surface area (Å²) >= 11 is 0. The Kier molecular flexibility index (Phi) is 4.95. The maximum atomic E-state index is 11.9. The summed E-state index contributed by atoms with van der Waals surface area (Å²) in [6.07, 6.45) is 5.23. The van der Waals surface area contributed by atoms with Crippen LogP contribution in [0.25, 0.3) is 0 Å². The smallest absolute Gasteiger partial charge is 0.149 e. The van der Waals surface area contributed by atoms with Gasteiger partial charge in [0.1, 0.15) is 5.78 Å². The minimum absolute atomic E-state index is 0.192. The average Bonchev–Trinajstić information content (AvgIpc) is 2.56. The van der Waals surface area contributed by atoms with Crippen molar-refractivity contribution in [2.24, 2.45) is 0 Å². The van der Waals surface area contributed by atoms with Crippen molar-refractivity contribution < 1.29 is 9.90 Å². The van der Waals surface area contributed by atoms with Gasteiger partial charge in [0, 0.05) is 32.6 Å². The van der Waals surface area contributed by atoms with Crippen molar-refractivity contribution in [1.29, 1.82) is 0 Å². The molecule has 98 valence electrons. The van der Waals surface area contributed by atoms with E-state index in [1.807, 2.05) is 0 Å². The summed E-state index contributed by atoms with van der Waals surface area (Å²) in [5.41, 5.74) is 0. The van der Waals surface area contributed by atoms with Crippen molar-refractivity contribution in [3.63, 3.8) is 0 Å². The lowest BCUT2D eigenvalue weighted by Gasteiger charge is -2.32. The molecule has 0 amide bonds. The third kappa shape index (κ3) is 3.50. The van der Waals surface area contributed by atoms with Gasteiger partial charge in [-0.3, -0.25) is 14.6 Å². The molecule has 0 aromatic heterocycles. The lowest BCUT2D eigenvalue weighted by molar-refractivity contribution is -0.126. The summed E-state index contributed by atoms with van der Waals surface area (Å²) in [6.45, 7) is 5.08. The van der Waals surface area contributed by atoms with Gasteiger partial charge in [0.25, 0.3) is 0 Å². The van der Waals surface area contributed by atoms with Crippen LogP contribution in [0.3, 0.4) is 0 Å². The fraction of sp³-hybridized carbons (Fsp3) is 0.923. The van der Waals surface area contributed by atoms with Crippen LogP contribution in [0.4, 0.5) is 0 Å². The molecule has 0 spiro atoms. The molecule has 2 rings (SSSR count). The Balaban J connectivity index is 1.87. The predicted octanol–water partition coefficient (Wildman–Crippen LogP) is 0.498. The summed E-state index contributed by atoms with van der Waals surface area (Å²) in [5.74, 6) is 0.451. The SMILES string of the molecule is O=C1CCCCC1N1CCCN(CCO)CC1. The molecule has 0 aromatic carbocycles. The van der Waals surface area contributed by atoms with Crippen molar-refractivity contribution in [1.82, 2.24) is 9.80 Å². The van der Waals surface area contributed by atoms with Gasteiger partial charge >= 0.3 is 0 Å². The summed E-state index contributed by atoms with van der Waals surface area (Å²) in [5, 5.41) is 8.96. The predicted molar refractivity (Wildman–Crippen MR) is 67.0 cm³/mol. The molecular formula is C13H24N2O2. The monoisotopic (exact) mass is 240 g/mol. The van der Waals surface area contributed by atoms with E-state index in [1.165, 1.54) is 6.42 Å². The van der Waals surface area contributed by atoms with E-state index in [-0.39, 0.29) is 12.6 Å². The Hall–Kier alpha value is -0.450. The van der Waals surface area contributed by atoms with E-state index in [0.29, 0.717) is 5.78 Å². The van der Waals surface area contributed by atoms with Crippen molar-refractivity contribution in [2.45, 2.75) is 38.1 Å². The number of Topliss-reactive ketones (excluding diaryl/α,β-unsaturated/α-hetero) is 1. The lowest BCUT2D eigenvalue weighted by atomic mass is 9.93. The molecule has 1 saturated carbocycles. The highest BCUT2D eigenvalue weighted by molar-refractivity contribution is 5.84. The van der Waals surface area contributed by atoms with Crippen LogP contribution in [-0.2, 0) is 4.79 Å². The summed E-state index contributed by atoms with van der Waals surface area (Å²) < 4.78 is 0. The first kappa shape index (κ1) is 13.0. The maximum absolute atomic E-state index is 11.9. The number of aliphatic hydroxyl groups excluding tert-OH is 1. The van der Waals surface area contributed by atoms with E-state index in [1.54, 1.807) is 0 Å². The fourth-order valence-electron chi connectivity index (χ4n) is 3.02. The number of hydrogen-bond donors (Lipinski definition) is 1. The molecular weight excluding hydrogens is 216 g/mol. The van der Waals surface area contributed by atoms with E-state index in [9.17, 15) is 4.79 Å². The second kappa shape index (κ2) is 6.47. The lowest BCUT2D eigenvalue weighted by Crippen LogP contribution is -2.44. The maximum Gasteiger partial charge on any atom is 0.149 e. The number of rotatable bonds is 3. The van der Waals surface area contributed by atoms with E-state index in [0.717, 1.165) is 58.4 Å². The summed E-state index contributed by atoms with van der Waals surface area (Å²) in [4.78, 5) is 16.6. The standard InChI is InChI=1S/C13H24N2O2/c16-11-10-14-6-3-7-15(9-8-14)12-4-1-2-5-13(12)17/h12,16H,1-11H2. The van der Waals surface area contributed by atoms with Gasteiger partial charge in [-0.05, 0) is 25.8 Å². The first-order chi connectivity index (χ1) is 8.31. The van der Waals surface area contributed by atoms with E-state index in [4.69, 9.17) is 5.11 Å². The van der Waals surface area contributed by atoms with Crippen LogP contribution < -0.4 is 0 Å². The topological polar surface area (TPSA) is 43.8 Å². The van der Waals surface area contributed by atoms with Crippen LogP contribution in [0.1, 0.15) is 32.1 Å². The quantitative estimate of drug-likeness (QED) is 0.780. The Morgan fingerprint density at radius 3 is 2.76 bits per heavy atom. The molecule has 1 heterocycles. The molecule has 0 aromatic rings. The van der Waals surface area contributed by atoms with E-state index >= 15 is 0 Å². The van der Waals surface area contributed by atoms with Gasteiger partial charge in [0.15, 0.2) is 0 Å². The molecule has 1 saturated heterocycles. The molecule has 1 N–H and O–H groups in total. The number of hydrogen-bond acceptors (Lipinski definition) is 4. The van der Waals surface area contributed by atoms with Gasteiger partial charge in [0.05, 0.1) is 12.6 Å². The number of carbonyl (C=O) groups is 1. The van der Waals surface area contributed by atoms with Gasteiger partial charge < -0.3 is 5.11 Å². The second-order valence-corrected chi connectivity index (χ2v) is 5.18. The van der Waals surface area contributed by atoms with Gasteiger partial charge in [0.2, 0.25) is 0 Å². The minimum Gasteiger partial charge on any atom is -0.395 e. The average molecular weight is 240 g/mol. The first-order valence-electron chi connectivity index (χ1n) is 6.91. The molecule has 2 aliphatic rings. The van der Waals surface area contributed by atoms with Crippen LogP contribution in [0.15, 0.2) is 0 Å². The molecule has 1 aliphatic heterocycles. The Labute approximate surface area is 104 Å². The van der Waals surface area contributed by atoms with Gasteiger partial charge in [-0.25, -0.2) is 0 Å². The minimum atomic E-state index is 0.192. The molecule has 17 heavy (non-hydrogen) atoms. The Morgan fingerprint density at radius 2 is 2.00 bits per heavy atom. The highest BCUT2D eigenvalue weighted by Gasteiger charge is 2.29. The molecule has 4 heteroatoms. The highest BCUT2D eigenvalue weighted by Crippen LogP contribution is 2.20. The van der Waals surface area contributed by atoms with Gasteiger partial charge in [-0.1, -0.05) is 6.42 Å². The van der Waals surface area contributed by atoms with Crippen LogP contribution in [0.5, 0.6) is 0 Å². The molecule has 1 unspecified atom stereocenters. The number of aliphatic hydroxyl groups is 1. The Morgan fingerprint density at radius 1 is 1.12 bits per heavy atom. The summed E-state index contributed by atoms with van der Waals surface area (Å²) in [7, 11) is 0. The third-order valence-electron chi connectivity index (χ3n) is 4.00. The number of nitrogens with zero attached hydrogens (tertiary/aromatic N) is 2. The Bertz CT molecular complexity index is 258. The molecule has 4 nitrogen and oxygen atoms in total. The van der Waals surface area contributed by atoms with Crippen LogP contribution in [0.2, 0.25) is 0 Å². The van der Waals surface area contributed by atoms with Crippen LogP contribution in [0, 0.1) is 0 Å². The molecule has 1 atom stereocenters. The van der Waals surface area contributed by atoms with Gasteiger partial charge in [-0.15, -0.1) is 0 Å². The number of ketones is 1. The largest absolute Gasteiger partial charge is 0.395 e.